The van der Waals surface area contributed by atoms with Crippen LogP contribution in [0.25, 0.3) is 0 Å². The smallest absolute Gasteiger partial charge is 0.0352 e. The van der Waals surface area contributed by atoms with Crippen LogP contribution in [0.15, 0.2) is 0 Å². The third kappa shape index (κ3) is 3.70. The third-order valence-corrected chi connectivity index (χ3v) is 3.51. The molecule has 0 nitrogen and oxygen atoms in total. The molecule has 0 atom stereocenters. The molecule has 1 rings (SSSR count). The van der Waals surface area contributed by atoms with E-state index in [1.165, 1.54) is 32.1 Å². The molecule has 78 valence electrons. The van der Waals surface area contributed by atoms with Crippen molar-refractivity contribution in [3.63, 3.8) is 0 Å². The number of rotatable bonds is 0. The van der Waals surface area contributed by atoms with Gasteiger partial charge in [0.25, 0.3) is 0 Å². The van der Waals surface area contributed by atoms with Crippen molar-refractivity contribution < 1.29 is 0 Å². The van der Waals surface area contributed by atoms with Crippen molar-refractivity contribution in [1.29, 1.82) is 0 Å². The maximum atomic E-state index is 2.43. The molecule has 0 saturated heterocycles. The van der Waals surface area contributed by atoms with Crippen LogP contribution in [0.3, 0.4) is 0 Å². The Morgan fingerprint density at radius 1 is 0.846 bits per heavy atom. The zero-order valence-corrected chi connectivity index (χ0v) is 10.1. The first-order valence-electron chi connectivity index (χ1n) is 5.81. The van der Waals surface area contributed by atoms with Gasteiger partial charge in [-0.1, -0.05) is 41.0 Å². The van der Waals surface area contributed by atoms with E-state index in [1.807, 2.05) is 0 Å². The van der Waals surface area contributed by atoms with E-state index in [2.05, 4.69) is 34.6 Å². The quantitative estimate of drug-likeness (QED) is 0.512. The summed E-state index contributed by atoms with van der Waals surface area (Å²) in [4.78, 5) is 0. The Labute approximate surface area is 84.1 Å². The van der Waals surface area contributed by atoms with E-state index in [-0.39, 0.29) is 0 Å². The van der Waals surface area contributed by atoms with Crippen molar-refractivity contribution in [3.8, 4) is 0 Å². The fourth-order valence-corrected chi connectivity index (χ4v) is 3.21. The van der Waals surface area contributed by atoms with Crippen molar-refractivity contribution in [2.45, 2.75) is 66.7 Å². The van der Waals surface area contributed by atoms with Gasteiger partial charge in [0.15, 0.2) is 0 Å². The van der Waals surface area contributed by atoms with Gasteiger partial charge in [-0.15, -0.1) is 0 Å². The van der Waals surface area contributed by atoms with Gasteiger partial charge in [-0.05, 0) is 42.4 Å². The highest BCUT2D eigenvalue weighted by molar-refractivity contribution is 4.81. The average Bonchev–Trinajstić information content (AvgIpc) is 1.79. The Kier molecular flexibility index (Phi) is 3.09. The van der Waals surface area contributed by atoms with Crippen LogP contribution in [0.1, 0.15) is 66.7 Å². The summed E-state index contributed by atoms with van der Waals surface area (Å²) in [5.74, 6) is 0.908. The fourth-order valence-electron chi connectivity index (χ4n) is 3.21. The summed E-state index contributed by atoms with van der Waals surface area (Å²) in [6.45, 7) is 12.2. The van der Waals surface area contributed by atoms with Gasteiger partial charge in [0.1, 0.15) is 0 Å². The van der Waals surface area contributed by atoms with Crippen LogP contribution in [-0.2, 0) is 0 Å². The molecule has 0 aromatic rings. The predicted octanol–water partition coefficient (Wildman–Crippen LogP) is 4.64. The Hall–Kier alpha value is 0. The van der Waals surface area contributed by atoms with Crippen LogP contribution in [-0.4, -0.2) is 0 Å². The summed E-state index contributed by atoms with van der Waals surface area (Å²) in [6.07, 6.45) is 7.08. The zero-order chi connectivity index (χ0) is 10.1. The molecule has 1 aliphatic rings. The Morgan fingerprint density at radius 2 is 1.23 bits per heavy atom. The number of hydrogen-bond donors (Lipinski definition) is 0. The molecule has 0 heterocycles. The highest BCUT2D eigenvalue weighted by Gasteiger charge is 2.29. The molecule has 1 saturated carbocycles. The van der Waals surface area contributed by atoms with E-state index in [0.717, 1.165) is 5.92 Å². The predicted molar refractivity (Wildman–Crippen MR) is 59.8 cm³/mol. The van der Waals surface area contributed by atoms with Gasteiger partial charge in [-0.3, -0.25) is 0 Å². The minimum Gasteiger partial charge on any atom is -0.0625 e. The molecule has 0 amide bonds. The van der Waals surface area contributed by atoms with Gasteiger partial charge >= 0.3 is 0 Å². The van der Waals surface area contributed by atoms with Gasteiger partial charge in [0.05, 0.1) is 0 Å². The lowest BCUT2D eigenvalue weighted by molar-refractivity contribution is 0.146. The van der Waals surface area contributed by atoms with Gasteiger partial charge in [-0.25, -0.2) is 0 Å². The summed E-state index contributed by atoms with van der Waals surface area (Å²) in [7, 11) is 0. The van der Waals surface area contributed by atoms with Crippen LogP contribution >= 0.6 is 0 Å². The van der Waals surface area contributed by atoms with Crippen LogP contribution in [0, 0.1) is 16.7 Å². The van der Waals surface area contributed by atoms with Crippen molar-refractivity contribution in [3.05, 3.63) is 0 Å². The maximum absolute atomic E-state index is 2.43. The highest BCUT2D eigenvalue weighted by atomic mass is 14.3. The van der Waals surface area contributed by atoms with Crippen LogP contribution in [0.4, 0.5) is 0 Å². The second kappa shape index (κ2) is 3.63. The normalized spacial score (nSPS) is 29.3. The summed E-state index contributed by atoms with van der Waals surface area (Å²) in [6, 6.07) is 0. The second-order valence-corrected chi connectivity index (χ2v) is 6.70. The molecular formula is C13H26. The standard InChI is InChI=1S/C13H26/c1-11-9-12(2,3)7-6-8-13(4,5)10-11/h11H,6-10H2,1-5H3. The lowest BCUT2D eigenvalue weighted by atomic mass is 9.69. The molecular weight excluding hydrogens is 156 g/mol. The molecule has 0 aliphatic heterocycles. The van der Waals surface area contributed by atoms with Crippen molar-refractivity contribution in [1.82, 2.24) is 0 Å². The van der Waals surface area contributed by atoms with Crippen molar-refractivity contribution in [2.75, 3.05) is 0 Å². The molecule has 1 aliphatic carbocycles. The molecule has 0 aromatic carbocycles. The minimum absolute atomic E-state index is 0.593. The SMILES string of the molecule is CC1CC(C)(C)CCCC(C)(C)C1. The van der Waals surface area contributed by atoms with E-state index < -0.39 is 0 Å². The first-order valence-corrected chi connectivity index (χ1v) is 5.81. The molecule has 1 fully saturated rings. The summed E-state index contributed by atoms with van der Waals surface area (Å²) in [5.41, 5.74) is 1.19. The summed E-state index contributed by atoms with van der Waals surface area (Å²) >= 11 is 0. The van der Waals surface area contributed by atoms with Gasteiger partial charge in [0.2, 0.25) is 0 Å². The average molecular weight is 182 g/mol. The third-order valence-electron chi connectivity index (χ3n) is 3.51. The van der Waals surface area contributed by atoms with Crippen molar-refractivity contribution in [2.24, 2.45) is 16.7 Å². The second-order valence-electron chi connectivity index (χ2n) is 6.70. The first-order chi connectivity index (χ1) is 5.81. The lowest BCUT2D eigenvalue weighted by Crippen LogP contribution is -2.25. The lowest BCUT2D eigenvalue weighted by Gasteiger charge is -2.37. The molecule has 0 aromatic heterocycles. The molecule has 13 heavy (non-hydrogen) atoms. The van der Waals surface area contributed by atoms with Crippen LogP contribution in [0.5, 0.6) is 0 Å². The van der Waals surface area contributed by atoms with E-state index in [0.29, 0.717) is 10.8 Å². The molecule has 0 unspecified atom stereocenters. The van der Waals surface area contributed by atoms with E-state index in [1.54, 1.807) is 0 Å². The fraction of sp³-hybridized carbons (Fsp3) is 1.00. The van der Waals surface area contributed by atoms with Crippen molar-refractivity contribution >= 4 is 0 Å². The zero-order valence-electron chi connectivity index (χ0n) is 10.1. The topological polar surface area (TPSA) is 0 Å². The van der Waals surface area contributed by atoms with Gasteiger partial charge in [0, 0.05) is 0 Å². The molecule has 0 radical (unpaired) electrons. The minimum atomic E-state index is 0.593. The summed E-state index contributed by atoms with van der Waals surface area (Å²) < 4.78 is 0. The highest BCUT2D eigenvalue weighted by Crippen LogP contribution is 2.42. The largest absolute Gasteiger partial charge is 0.0625 e. The van der Waals surface area contributed by atoms with Crippen LogP contribution < -0.4 is 0 Å². The van der Waals surface area contributed by atoms with E-state index in [9.17, 15) is 0 Å². The summed E-state index contributed by atoms with van der Waals surface area (Å²) in [5, 5.41) is 0. The molecule has 0 heteroatoms. The maximum Gasteiger partial charge on any atom is -0.0352 e. The Morgan fingerprint density at radius 3 is 1.62 bits per heavy atom. The van der Waals surface area contributed by atoms with Crippen LogP contribution in [0.2, 0.25) is 0 Å². The monoisotopic (exact) mass is 182 g/mol. The molecule has 0 bridgehead atoms. The Bertz CT molecular complexity index is 147. The van der Waals surface area contributed by atoms with E-state index in [4.69, 9.17) is 0 Å². The molecule has 0 spiro atoms. The first kappa shape index (κ1) is 11.1. The Balaban J connectivity index is 2.59. The van der Waals surface area contributed by atoms with Gasteiger partial charge in [-0.2, -0.15) is 0 Å². The van der Waals surface area contributed by atoms with E-state index >= 15 is 0 Å². The number of hydrogen-bond acceptors (Lipinski definition) is 0. The van der Waals surface area contributed by atoms with Gasteiger partial charge < -0.3 is 0 Å². The molecule has 0 N–H and O–H groups in total.